The molecule has 1 aromatic carbocycles. The Hall–Kier alpha value is -2.74. The van der Waals surface area contributed by atoms with Gasteiger partial charge in [0.25, 0.3) is 11.8 Å². The highest BCUT2D eigenvalue weighted by Crippen LogP contribution is 2.30. The fourth-order valence-corrected chi connectivity index (χ4v) is 2.87. The number of fused-ring (bicyclic) bond motifs is 1. The molecular formula is C17H17N2O6. The number of hydrogen-bond donors (Lipinski definition) is 1. The lowest BCUT2D eigenvalue weighted by Gasteiger charge is -2.27. The lowest BCUT2D eigenvalue weighted by atomic mass is 10.0. The van der Waals surface area contributed by atoms with Crippen LogP contribution < -0.4 is 10.1 Å². The number of hydrogen-bond acceptors (Lipinski definition) is 6. The molecule has 8 heteroatoms. The van der Waals surface area contributed by atoms with Gasteiger partial charge in [-0.2, -0.15) is 0 Å². The molecule has 0 bridgehead atoms. The van der Waals surface area contributed by atoms with Crippen LogP contribution in [0.4, 0.5) is 0 Å². The molecule has 0 spiro atoms. The highest BCUT2D eigenvalue weighted by Gasteiger charge is 2.44. The first kappa shape index (κ1) is 17.1. The minimum atomic E-state index is -0.969. The smallest absolute Gasteiger partial charge is 0.262 e. The first-order valence-corrected chi connectivity index (χ1v) is 7.90. The summed E-state index contributed by atoms with van der Waals surface area (Å²) in [5.41, 5.74) is 0.412. The molecular weight excluding hydrogens is 328 g/mol. The van der Waals surface area contributed by atoms with Gasteiger partial charge in [-0.3, -0.25) is 29.4 Å². The monoisotopic (exact) mass is 345 g/mol. The predicted molar refractivity (Wildman–Crippen MR) is 84.5 cm³/mol. The topological polar surface area (TPSA) is 102 Å². The van der Waals surface area contributed by atoms with Crippen molar-refractivity contribution in [3.05, 3.63) is 35.9 Å². The van der Waals surface area contributed by atoms with Crippen molar-refractivity contribution in [2.45, 2.75) is 25.8 Å². The second kappa shape index (κ2) is 7.02. The number of imide groups is 2. The molecule has 0 aliphatic carbocycles. The van der Waals surface area contributed by atoms with E-state index in [-0.39, 0.29) is 24.0 Å². The summed E-state index contributed by atoms with van der Waals surface area (Å²) < 4.78 is 10.5. The van der Waals surface area contributed by atoms with Gasteiger partial charge in [0.1, 0.15) is 18.4 Å². The molecule has 3 rings (SSSR count). The molecule has 2 aliphatic heterocycles. The molecule has 2 heterocycles. The van der Waals surface area contributed by atoms with Crippen molar-refractivity contribution in [3.8, 4) is 5.75 Å². The van der Waals surface area contributed by atoms with Crippen molar-refractivity contribution in [3.63, 3.8) is 0 Å². The number of carbonyl (C=O) groups is 4. The summed E-state index contributed by atoms with van der Waals surface area (Å²) in [6.45, 7) is 3.96. The molecule has 8 nitrogen and oxygen atoms in total. The molecule has 1 atom stereocenters. The number of ether oxygens (including phenoxy) is 2. The zero-order valence-corrected chi connectivity index (χ0v) is 13.6. The van der Waals surface area contributed by atoms with E-state index in [1.165, 1.54) is 12.1 Å². The van der Waals surface area contributed by atoms with Gasteiger partial charge in [0.2, 0.25) is 11.8 Å². The normalized spacial score (nSPS) is 19.9. The molecule has 1 fully saturated rings. The SMILES string of the molecule is C[CH]OCCOc1ccc2c(c1)C(=O)N(C1CCC(=O)NC1=O)C2=O. The molecule has 4 amide bonds. The van der Waals surface area contributed by atoms with E-state index in [1.54, 1.807) is 19.6 Å². The largest absolute Gasteiger partial charge is 0.491 e. The maximum absolute atomic E-state index is 12.6. The maximum atomic E-state index is 12.6. The lowest BCUT2D eigenvalue weighted by Crippen LogP contribution is -2.54. The number of benzene rings is 1. The van der Waals surface area contributed by atoms with Gasteiger partial charge in [0.05, 0.1) is 24.3 Å². The van der Waals surface area contributed by atoms with Crippen LogP contribution in [0.1, 0.15) is 40.5 Å². The molecule has 2 aliphatic rings. The summed E-state index contributed by atoms with van der Waals surface area (Å²) >= 11 is 0. The lowest BCUT2D eigenvalue weighted by molar-refractivity contribution is -0.136. The van der Waals surface area contributed by atoms with E-state index in [1.807, 2.05) is 0 Å². The van der Waals surface area contributed by atoms with E-state index in [0.717, 1.165) is 4.90 Å². The Morgan fingerprint density at radius 2 is 1.92 bits per heavy atom. The van der Waals surface area contributed by atoms with Crippen LogP contribution in [0.2, 0.25) is 0 Å². The Bertz CT molecular complexity index is 745. The van der Waals surface area contributed by atoms with Crippen molar-refractivity contribution in [2.24, 2.45) is 0 Å². The number of nitrogens with one attached hydrogen (secondary N) is 1. The molecule has 131 valence electrons. The zero-order chi connectivity index (χ0) is 18.0. The van der Waals surface area contributed by atoms with E-state index in [2.05, 4.69) is 5.32 Å². The fraction of sp³-hybridized carbons (Fsp3) is 0.353. The van der Waals surface area contributed by atoms with Crippen LogP contribution in [0.25, 0.3) is 0 Å². The summed E-state index contributed by atoms with van der Waals surface area (Å²) in [5.74, 6) is -1.69. The Kier molecular flexibility index (Phi) is 4.80. The van der Waals surface area contributed by atoms with Gasteiger partial charge in [-0.05, 0) is 31.5 Å². The third kappa shape index (κ3) is 3.25. The Balaban J connectivity index is 1.77. The summed E-state index contributed by atoms with van der Waals surface area (Å²) in [6.07, 6.45) is 0.219. The van der Waals surface area contributed by atoms with Gasteiger partial charge < -0.3 is 9.47 Å². The molecule has 1 radical (unpaired) electrons. The predicted octanol–water partition coefficient (Wildman–Crippen LogP) is 0.665. The van der Waals surface area contributed by atoms with Crippen LogP contribution in [-0.4, -0.2) is 47.8 Å². The van der Waals surface area contributed by atoms with Crippen LogP contribution in [0, 0.1) is 6.61 Å². The average molecular weight is 345 g/mol. The van der Waals surface area contributed by atoms with Gasteiger partial charge in [-0.15, -0.1) is 0 Å². The number of rotatable bonds is 6. The first-order valence-electron chi connectivity index (χ1n) is 7.90. The van der Waals surface area contributed by atoms with Crippen molar-refractivity contribution in [2.75, 3.05) is 13.2 Å². The van der Waals surface area contributed by atoms with Crippen LogP contribution in [0.15, 0.2) is 18.2 Å². The average Bonchev–Trinajstić information content (AvgIpc) is 2.83. The van der Waals surface area contributed by atoms with Gasteiger partial charge >= 0.3 is 0 Å². The van der Waals surface area contributed by atoms with E-state index in [9.17, 15) is 19.2 Å². The maximum Gasteiger partial charge on any atom is 0.262 e. The standard InChI is InChI=1S/C17H17N2O6/c1-2-24-7-8-25-10-3-4-11-12(9-10)17(23)19(16(11)22)13-5-6-14(20)18-15(13)21/h2-4,9,13H,5-8H2,1H3,(H,18,20,21). The van der Waals surface area contributed by atoms with E-state index in [4.69, 9.17) is 9.47 Å². The van der Waals surface area contributed by atoms with Crippen LogP contribution in [0.3, 0.4) is 0 Å². The molecule has 1 unspecified atom stereocenters. The van der Waals surface area contributed by atoms with Crippen LogP contribution in [0.5, 0.6) is 5.75 Å². The van der Waals surface area contributed by atoms with E-state index >= 15 is 0 Å². The third-order valence-electron chi connectivity index (χ3n) is 4.05. The number of amides is 4. The fourth-order valence-electron chi connectivity index (χ4n) is 2.87. The van der Waals surface area contributed by atoms with Crippen molar-refractivity contribution in [1.29, 1.82) is 0 Å². The summed E-state index contributed by atoms with van der Waals surface area (Å²) in [5, 5.41) is 2.16. The molecule has 25 heavy (non-hydrogen) atoms. The molecule has 1 aromatic rings. The summed E-state index contributed by atoms with van der Waals surface area (Å²) in [6, 6.07) is 3.61. The highest BCUT2D eigenvalue weighted by atomic mass is 16.5. The van der Waals surface area contributed by atoms with Gasteiger partial charge in [0, 0.05) is 6.42 Å². The summed E-state index contributed by atoms with van der Waals surface area (Å²) in [4.78, 5) is 49.3. The molecule has 1 saturated heterocycles. The van der Waals surface area contributed by atoms with Gasteiger partial charge in [-0.25, -0.2) is 0 Å². The van der Waals surface area contributed by atoms with E-state index < -0.39 is 29.7 Å². The Morgan fingerprint density at radius 3 is 2.64 bits per heavy atom. The molecule has 1 N–H and O–H groups in total. The molecule has 0 aromatic heterocycles. The zero-order valence-electron chi connectivity index (χ0n) is 13.6. The highest BCUT2D eigenvalue weighted by molar-refractivity contribution is 6.23. The Morgan fingerprint density at radius 1 is 1.16 bits per heavy atom. The van der Waals surface area contributed by atoms with Crippen molar-refractivity contribution >= 4 is 23.6 Å². The van der Waals surface area contributed by atoms with Gasteiger partial charge in [0.15, 0.2) is 0 Å². The van der Waals surface area contributed by atoms with Crippen molar-refractivity contribution < 1.29 is 28.7 Å². The first-order chi connectivity index (χ1) is 12.0. The number of carbonyl (C=O) groups excluding carboxylic acids is 4. The van der Waals surface area contributed by atoms with Crippen LogP contribution >= 0.6 is 0 Å². The summed E-state index contributed by atoms with van der Waals surface area (Å²) in [7, 11) is 0. The van der Waals surface area contributed by atoms with E-state index in [0.29, 0.717) is 19.0 Å². The third-order valence-corrected chi connectivity index (χ3v) is 4.05. The minimum Gasteiger partial charge on any atom is -0.491 e. The minimum absolute atomic E-state index is 0.0899. The molecule has 0 saturated carbocycles. The quantitative estimate of drug-likeness (QED) is 0.600. The second-order valence-corrected chi connectivity index (χ2v) is 5.61. The van der Waals surface area contributed by atoms with Crippen molar-refractivity contribution in [1.82, 2.24) is 10.2 Å². The number of piperidine rings is 1. The number of nitrogens with zero attached hydrogens (tertiary/aromatic N) is 1. The Labute approximate surface area is 144 Å². The van der Waals surface area contributed by atoms with Crippen LogP contribution in [-0.2, 0) is 14.3 Å². The second-order valence-electron chi connectivity index (χ2n) is 5.61. The van der Waals surface area contributed by atoms with Gasteiger partial charge in [-0.1, -0.05) is 0 Å².